The van der Waals surface area contributed by atoms with Gasteiger partial charge in [-0.25, -0.2) is 8.42 Å². The Balaban J connectivity index is 1.50. The van der Waals surface area contributed by atoms with Gasteiger partial charge >= 0.3 is 0 Å². The van der Waals surface area contributed by atoms with E-state index in [4.69, 9.17) is 4.74 Å². The summed E-state index contributed by atoms with van der Waals surface area (Å²) in [5.74, 6) is 0. The fraction of sp³-hybridized carbons (Fsp3) is 0.400. The number of nitrogens with zero attached hydrogens (tertiary/aromatic N) is 2. The van der Waals surface area contributed by atoms with Crippen LogP contribution in [0.1, 0.15) is 16.7 Å². The van der Waals surface area contributed by atoms with Crippen molar-refractivity contribution in [2.75, 3.05) is 32.8 Å². The molecule has 5 nitrogen and oxygen atoms in total. The number of fused-ring (bicyclic) bond motifs is 1. The van der Waals surface area contributed by atoms with E-state index >= 15 is 0 Å². The molecule has 0 radical (unpaired) electrons. The summed E-state index contributed by atoms with van der Waals surface area (Å²) in [4.78, 5) is 2.76. The molecular weight excluding hydrogens is 348 g/mol. The highest BCUT2D eigenvalue weighted by atomic mass is 32.2. The summed E-state index contributed by atoms with van der Waals surface area (Å²) in [7, 11) is -3.44. The Hall–Kier alpha value is -1.73. The van der Waals surface area contributed by atoms with Gasteiger partial charge in [0, 0.05) is 32.7 Å². The molecular formula is C20H24N2O3S. The smallest absolute Gasteiger partial charge is 0.243 e. The van der Waals surface area contributed by atoms with Crippen molar-refractivity contribution in [1.82, 2.24) is 9.21 Å². The zero-order valence-corrected chi connectivity index (χ0v) is 15.6. The Morgan fingerprint density at radius 3 is 2.50 bits per heavy atom. The summed E-state index contributed by atoms with van der Waals surface area (Å²) in [5, 5.41) is 0. The lowest BCUT2D eigenvalue weighted by atomic mass is 9.99. The van der Waals surface area contributed by atoms with E-state index in [1.165, 1.54) is 15.4 Å². The van der Waals surface area contributed by atoms with Gasteiger partial charge in [-0.1, -0.05) is 36.4 Å². The highest BCUT2D eigenvalue weighted by Crippen LogP contribution is 2.22. The first kappa shape index (κ1) is 17.7. The molecule has 0 aliphatic carbocycles. The van der Waals surface area contributed by atoms with Gasteiger partial charge in [-0.15, -0.1) is 0 Å². The van der Waals surface area contributed by atoms with E-state index in [2.05, 4.69) is 29.2 Å². The van der Waals surface area contributed by atoms with Crippen LogP contribution in [0, 0.1) is 0 Å². The van der Waals surface area contributed by atoms with Crippen molar-refractivity contribution in [2.45, 2.75) is 24.4 Å². The molecule has 0 N–H and O–H groups in total. The molecule has 26 heavy (non-hydrogen) atoms. The third kappa shape index (κ3) is 3.69. The van der Waals surface area contributed by atoms with E-state index in [0.717, 1.165) is 31.6 Å². The van der Waals surface area contributed by atoms with Gasteiger partial charge in [0.15, 0.2) is 0 Å². The predicted molar refractivity (Wildman–Crippen MR) is 100 cm³/mol. The van der Waals surface area contributed by atoms with Gasteiger partial charge in [0.05, 0.1) is 18.1 Å². The fourth-order valence-electron chi connectivity index (χ4n) is 3.69. The first-order valence-corrected chi connectivity index (χ1v) is 10.5. The minimum atomic E-state index is -3.44. The largest absolute Gasteiger partial charge is 0.379 e. The Morgan fingerprint density at radius 1 is 0.923 bits per heavy atom. The molecule has 4 rings (SSSR count). The van der Waals surface area contributed by atoms with Crippen LogP contribution in [0.15, 0.2) is 53.4 Å². The Bertz CT molecular complexity index is 876. The monoisotopic (exact) mass is 372 g/mol. The molecule has 0 bridgehead atoms. The third-order valence-corrected chi connectivity index (χ3v) is 7.02. The number of sulfonamides is 1. The second-order valence-corrected chi connectivity index (χ2v) is 8.83. The normalized spacial score (nSPS) is 19.2. The van der Waals surface area contributed by atoms with Gasteiger partial charge in [0.25, 0.3) is 0 Å². The first-order chi connectivity index (χ1) is 12.6. The van der Waals surface area contributed by atoms with Crippen LogP contribution in [0.3, 0.4) is 0 Å². The van der Waals surface area contributed by atoms with E-state index in [-0.39, 0.29) is 0 Å². The first-order valence-electron chi connectivity index (χ1n) is 9.09. The lowest BCUT2D eigenvalue weighted by molar-refractivity contribution is 0.0730. The molecule has 0 unspecified atom stereocenters. The van der Waals surface area contributed by atoms with Crippen LogP contribution in [0.2, 0.25) is 0 Å². The lowest BCUT2D eigenvalue weighted by Crippen LogP contribution is -2.40. The van der Waals surface area contributed by atoms with Gasteiger partial charge in [0.2, 0.25) is 10.0 Å². The molecule has 1 saturated heterocycles. The molecule has 0 atom stereocenters. The number of rotatable bonds is 4. The van der Waals surface area contributed by atoms with Crippen molar-refractivity contribution >= 4 is 10.0 Å². The SMILES string of the molecule is O=S(=O)(c1cccc(CN2CCc3ccccc3C2)c1)N1CCOCC1. The summed E-state index contributed by atoms with van der Waals surface area (Å²) in [6.45, 7) is 4.46. The average Bonchev–Trinajstić information content (AvgIpc) is 2.69. The maximum absolute atomic E-state index is 12.9. The minimum absolute atomic E-state index is 0.384. The number of hydrogen-bond donors (Lipinski definition) is 0. The molecule has 0 aromatic heterocycles. The van der Waals surface area contributed by atoms with Crippen molar-refractivity contribution in [3.05, 3.63) is 65.2 Å². The quantitative estimate of drug-likeness (QED) is 0.826. The molecule has 6 heteroatoms. The fourth-order valence-corrected chi connectivity index (χ4v) is 5.17. The van der Waals surface area contributed by atoms with Gasteiger partial charge in [0.1, 0.15) is 0 Å². The summed E-state index contributed by atoms with van der Waals surface area (Å²) >= 11 is 0. The molecule has 138 valence electrons. The highest BCUT2D eigenvalue weighted by molar-refractivity contribution is 7.89. The number of benzene rings is 2. The summed E-state index contributed by atoms with van der Waals surface area (Å²) < 4.78 is 32.5. The van der Waals surface area contributed by atoms with E-state index in [1.54, 1.807) is 6.07 Å². The third-order valence-electron chi connectivity index (χ3n) is 5.12. The second-order valence-electron chi connectivity index (χ2n) is 6.89. The zero-order valence-electron chi connectivity index (χ0n) is 14.8. The molecule has 2 aromatic rings. The van der Waals surface area contributed by atoms with Crippen LogP contribution in [0.25, 0.3) is 0 Å². The van der Waals surface area contributed by atoms with Crippen LogP contribution in [-0.4, -0.2) is 50.5 Å². The molecule has 0 amide bonds. The van der Waals surface area contributed by atoms with Crippen molar-refractivity contribution in [3.63, 3.8) is 0 Å². The van der Waals surface area contributed by atoms with Crippen LogP contribution >= 0.6 is 0 Å². The maximum Gasteiger partial charge on any atom is 0.243 e. The number of ether oxygens (including phenoxy) is 1. The van der Waals surface area contributed by atoms with E-state index < -0.39 is 10.0 Å². The molecule has 1 fully saturated rings. The standard InChI is InChI=1S/C20H24N2O3S/c23-26(24,22-10-12-25-13-11-22)20-7-3-4-17(14-20)15-21-9-8-18-5-1-2-6-19(18)16-21/h1-7,14H,8-13,15-16H2. The van der Waals surface area contributed by atoms with E-state index in [0.29, 0.717) is 31.2 Å². The lowest BCUT2D eigenvalue weighted by Gasteiger charge is -2.29. The highest BCUT2D eigenvalue weighted by Gasteiger charge is 2.26. The van der Waals surface area contributed by atoms with Gasteiger partial charge in [-0.2, -0.15) is 4.31 Å². The molecule has 0 spiro atoms. The van der Waals surface area contributed by atoms with Crippen LogP contribution in [0.4, 0.5) is 0 Å². The summed E-state index contributed by atoms with van der Waals surface area (Å²) in [5.41, 5.74) is 3.84. The maximum atomic E-state index is 12.9. The van der Waals surface area contributed by atoms with Crippen molar-refractivity contribution in [3.8, 4) is 0 Å². The predicted octanol–water partition coefficient (Wildman–Crippen LogP) is 2.27. The van der Waals surface area contributed by atoms with Crippen molar-refractivity contribution in [1.29, 1.82) is 0 Å². The number of hydrogen-bond acceptors (Lipinski definition) is 4. The van der Waals surface area contributed by atoms with Crippen molar-refractivity contribution < 1.29 is 13.2 Å². The van der Waals surface area contributed by atoms with Crippen LogP contribution < -0.4 is 0 Å². The molecule has 2 heterocycles. The Labute approximate surface area is 155 Å². The van der Waals surface area contributed by atoms with E-state index in [1.807, 2.05) is 18.2 Å². The minimum Gasteiger partial charge on any atom is -0.379 e. The second kappa shape index (κ2) is 7.48. The summed E-state index contributed by atoms with van der Waals surface area (Å²) in [6.07, 6.45) is 1.04. The summed E-state index contributed by atoms with van der Waals surface area (Å²) in [6, 6.07) is 15.9. The Morgan fingerprint density at radius 2 is 1.69 bits per heavy atom. The molecule has 2 aliphatic rings. The van der Waals surface area contributed by atoms with E-state index in [9.17, 15) is 8.42 Å². The molecule has 2 aromatic carbocycles. The number of morpholine rings is 1. The Kier molecular flexibility index (Phi) is 5.09. The molecule has 0 saturated carbocycles. The van der Waals surface area contributed by atoms with Gasteiger partial charge in [-0.3, -0.25) is 4.90 Å². The van der Waals surface area contributed by atoms with Crippen molar-refractivity contribution in [2.24, 2.45) is 0 Å². The van der Waals surface area contributed by atoms with Gasteiger partial charge in [-0.05, 0) is 35.2 Å². The topological polar surface area (TPSA) is 49.9 Å². The average molecular weight is 372 g/mol. The van der Waals surface area contributed by atoms with Gasteiger partial charge < -0.3 is 4.74 Å². The zero-order chi connectivity index (χ0) is 18.0. The molecule has 2 aliphatic heterocycles. The van der Waals surface area contributed by atoms with Crippen LogP contribution in [0.5, 0.6) is 0 Å². The van der Waals surface area contributed by atoms with Crippen LogP contribution in [-0.2, 0) is 34.3 Å².